The fourth-order valence-corrected chi connectivity index (χ4v) is 4.24. The molecule has 1 aliphatic heterocycles. The number of hydrogen-bond donors (Lipinski definition) is 1. The first-order chi connectivity index (χ1) is 14.4. The van der Waals surface area contributed by atoms with Gasteiger partial charge in [-0.2, -0.15) is 5.10 Å². The summed E-state index contributed by atoms with van der Waals surface area (Å²) in [6, 6.07) is 6.04. The van der Waals surface area contributed by atoms with Gasteiger partial charge in [-0.3, -0.25) is 14.2 Å². The lowest BCUT2D eigenvalue weighted by atomic mass is 10.2. The Kier molecular flexibility index (Phi) is 4.32. The number of nitrogens with zero attached hydrogens (tertiary/aromatic N) is 6. The average Bonchev–Trinajstić information content (AvgIpc) is 3.13. The molecule has 4 aromatic rings. The van der Waals surface area contributed by atoms with Crippen LogP contribution in [0.2, 0.25) is 0 Å². The van der Waals surface area contributed by atoms with E-state index in [9.17, 15) is 4.79 Å². The molecule has 4 aromatic heterocycles. The van der Waals surface area contributed by atoms with Crippen molar-refractivity contribution in [3.8, 4) is 11.4 Å². The second-order valence-corrected chi connectivity index (χ2v) is 8.18. The lowest BCUT2D eigenvalue weighted by Gasteiger charge is -2.33. The Morgan fingerprint density at radius 1 is 1.07 bits per heavy atom. The maximum absolute atomic E-state index is 13.0. The minimum atomic E-state index is -0.105. The molecule has 0 aromatic carbocycles. The summed E-state index contributed by atoms with van der Waals surface area (Å²) >= 11 is 0. The zero-order valence-corrected chi connectivity index (χ0v) is 17.7. The first-order valence-corrected chi connectivity index (χ1v) is 10.3. The van der Waals surface area contributed by atoms with E-state index in [0.29, 0.717) is 23.1 Å². The molecule has 5 heterocycles. The van der Waals surface area contributed by atoms with E-state index in [4.69, 9.17) is 4.98 Å². The van der Waals surface area contributed by atoms with Crippen LogP contribution in [0.1, 0.15) is 23.9 Å². The SMILES string of the molecule is Cc1cn2nc(-c3cc(=O)n4cc(N5CCNC(C)C5)cc(C)c4n3)cc2c(C)n1. The Balaban J connectivity index is 1.62. The van der Waals surface area contributed by atoms with Crippen LogP contribution in [-0.2, 0) is 0 Å². The van der Waals surface area contributed by atoms with Gasteiger partial charge in [-0.05, 0) is 45.4 Å². The number of nitrogens with one attached hydrogen (secondary N) is 1. The predicted molar refractivity (Wildman–Crippen MR) is 117 cm³/mol. The molecule has 0 radical (unpaired) electrons. The fraction of sp³-hybridized carbons (Fsp3) is 0.364. The highest BCUT2D eigenvalue weighted by molar-refractivity contribution is 5.67. The lowest BCUT2D eigenvalue weighted by molar-refractivity contribution is 0.484. The van der Waals surface area contributed by atoms with Crippen molar-refractivity contribution in [2.45, 2.75) is 33.7 Å². The third kappa shape index (κ3) is 3.13. The smallest absolute Gasteiger partial charge is 0.258 e. The van der Waals surface area contributed by atoms with Crippen molar-refractivity contribution in [2.24, 2.45) is 0 Å². The maximum Gasteiger partial charge on any atom is 0.258 e. The van der Waals surface area contributed by atoms with Gasteiger partial charge in [0.05, 0.1) is 34.5 Å². The van der Waals surface area contributed by atoms with E-state index in [1.807, 2.05) is 39.2 Å². The number of aromatic nitrogens is 5. The number of fused-ring (bicyclic) bond motifs is 2. The van der Waals surface area contributed by atoms with E-state index < -0.39 is 0 Å². The summed E-state index contributed by atoms with van der Waals surface area (Å²) < 4.78 is 3.45. The van der Waals surface area contributed by atoms with Crippen LogP contribution < -0.4 is 15.8 Å². The summed E-state index contributed by atoms with van der Waals surface area (Å²) in [6.45, 7) is 10.8. The van der Waals surface area contributed by atoms with Gasteiger partial charge in [-0.1, -0.05) is 0 Å². The van der Waals surface area contributed by atoms with E-state index in [1.165, 1.54) is 0 Å². The van der Waals surface area contributed by atoms with E-state index in [-0.39, 0.29) is 5.56 Å². The van der Waals surface area contributed by atoms with Crippen molar-refractivity contribution in [3.63, 3.8) is 0 Å². The van der Waals surface area contributed by atoms with Gasteiger partial charge in [0.1, 0.15) is 11.3 Å². The third-order valence-electron chi connectivity index (χ3n) is 5.69. The fourth-order valence-electron chi connectivity index (χ4n) is 4.24. The highest BCUT2D eigenvalue weighted by Crippen LogP contribution is 2.23. The average molecular weight is 403 g/mol. The number of rotatable bonds is 2. The van der Waals surface area contributed by atoms with Gasteiger partial charge in [0.15, 0.2) is 0 Å². The van der Waals surface area contributed by atoms with E-state index in [1.54, 1.807) is 15.0 Å². The third-order valence-corrected chi connectivity index (χ3v) is 5.69. The first-order valence-electron chi connectivity index (χ1n) is 10.3. The summed E-state index contributed by atoms with van der Waals surface area (Å²) in [5.41, 5.74) is 6.53. The van der Waals surface area contributed by atoms with Crippen LogP contribution >= 0.6 is 0 Å². The molecule has 1 atom stereocenters. The van der Waals surface area contributed by atoms with Crippen molar-refractivity contribution in [2.75, 3.05) is 24.5 Å². The number of pyridine rings is 1. The van der Waals surface area contributed by atoms with Crippen LogP contribution in [0.25, 0.3) is 22.6 Å². The maximum atomic E-state index is 13.0. The van der Waals surface area contributed by atoms with Crippen LogP contribution in [0.15, 0.2) is 35.4 Å². The Bertz CT molecular complexity index is 1340. The van der Waals surface area contributed by atoms with Gasteiger partial charge in [0.25, 0.3) is 5.56 Å². The summed E-state index contributed by atoms with van der Waals surface area (Å²) in [4.78, 5) is 24.6. The van der Waals surface area contributed by atoms with Crippen LogP contribution in [0.4, 0.5) is 5.69 Å². The van der Waals surface area contributed by atoms with E-state index in [2.05, 4.69) is 33.3 Å². The topological polar surface area (TPSA) is 79.8 Å². The molecule has 1 aliphatic rings. The number of aryl methyl sites for hydroxylation is 3. The zero-order valence-electron chi connectivity index (χ0n) is 17.7. The molecule has 0 amide bonds. The van der Waals surface area contributed by atoms with Crippen molar-refractivity contribution < 1.29 is 0 Å². The molecule has 5 rings (SSSR count). The molecule has 0 spiro atoms. The van der Waals surface area contributed by atoms with Crippen LogP contribution in [0, 0.1) is 20.8 Å². The Morgan fingerprint density at radius 2 is 1.90 bits per heavy atom. The largest absolute Gasteiger partial charge is 0.368 e. The van der Waals surface area contributed by atoms with Crippen LogP contribution in [0.3, 0.4) is 0 Å². The molecule has 154 valence electrons. The van der Waals surface area contributed by atoms with Gasteiger partial charge in [0.2, 0.25) is 0 Å². The second-order valence-electron chi connectivity index (χ2n) is 8.18. The first kappa shape index (κ1) is 18.7. The molecule has 1 unspecified atom stereocenters. The monoisotopic (exact) mass is 403 g/mol. The van der Waals surface area contributed by atoms with E-state index in [0.717, 1.165) is 47.8 Å². The molecule has 0 saturated carbocycles. The van der Waals surface area contributed by atoms with Crippen molar-refractivity contribution in [1.82, 2.24) is 29.3 Å². The summed E-state index contributed by atoms with van der Waals surface area (Å²) in [5, 5.41) is 8.09. The summed E-state index contributed by atoms with van der Waals surface area (Å²) in [7, 11) is 0. The van der Waals surface area contributed by atoms with Crippen molar-refractivity contribution in [1.29, 1.82) is 0 Å². The molecule has 0 bridgehead atoms. The molecule has 0 aliphatic carbocycles. The Labute approximate surface area is 174 Å². The van der Waals surface area contributed by atoms with E-state index >= 15 is 0 Å². The highest BCUT2D eigenvalue weighted by atomic mass is 16.1. The van der Waals surface area contributed by atoms with Gasteiger partial charge in [0, 0.05) is 37.9 Å². The molecular formula is C22H25N7O. The quantitative estimate of drug-likeness (QED) is 0.552. The Hall–Kier alpha value is -3.26. The standard InChI is InChI=1S/C22H25N7O/c1-13-7-17(27-6-5-23-14(2)10-27)12-28-21(30)9-18(25-22(13)28)19-8-20-16(4)24-15(3)11-29(20)26-19/h7-9,11-12,14,23H,5-6,10H2,1-4H3. The van der Waals surface area contributed by atoms with Crippen molar-refractivity contribution >= 4 is 16.9 Å². The van der Waals surface area contributed by atoms with Gasteiger partial charge in [-0.15, -0.1) is 0 Å². The number of anilines is 1. The number of hydrogen-bond acceptors (Lipinski definition) is 6. The zero-order chi connectivity index (χ0) is 21.0. The summed E-state index contributed by atoms with van der Waals surface area (Å²) in [5.74, 6) is 0. The molecule has 1 saturated heterocycles. The van der Waals surface area contributed by atoms with Gasteiger partial charge in [-0.25, -0.2) is 9.50 Å². The highest BCUT2D eigenvalue weighted by Gasteiger charge is 2.18. The molecule has 8 heteroatoms. The molecule has 1 N–H and O–H groups in total. The van der Waals surface area contributed by atoms with Crippen molar-refractivity contribution in [3.05, 3.63) is 57.9 Å². The second kappa shape index (κ2) is 6.91. The minimum Gasteiger partial charge on any atom is -0.368 e. The molecule has 30 heavy (non-hydrogen) atoms. The minimum absolute atomic E-state index is 0.105. The van der Waals surface area contributed by atoms with Crippen LogP contribution in [0.5, 0.6) is 0 Å². The Morgan fingerprint density at radius 3 is 2.70 bits per heavy atom. The predicted octanol–water partition coefficient (Wildman–Crippen LogP) is 2.13. The normalized spacial score (nSPS) is 17.2. The van der Waals surface area contributed by atoms with Crippen LogP contribution in [-0.4, -0.2) is 49.7 Å². The number of piperazine rings is 1. The van der Waals surface area contributed by atoms with Gasteiger partial charge >= 0.3 is 0 Å². The molecule has 8 nitrogen and oxygen atoms in total. The molecular weight excluding hydrogens is 378 g/mol. The molecule has 1 fully saturated rings. The lowest BCUT2D eigenvalue weighted by Crippen LogP contribution is -2.49. The summed E-state index contributed by atoms with van der Waals surface area (Å²) in [6.07, 6.45) is 3.78. The van der Waals surface area contributed by atoms with Gasteiger partial charge < -0.3 is 10.2 Å².